The van der Waals surface area contributed by atoms with Gasteiger partial charge >= 0.3 is 0 Å². The molecule has 1 aromatic carbocycles. The van der Waals surface area contributed by atoms with Gasteiger partial charge in [-0.05, 0) is 37.1 Å². The molecular weight excluding hydrogens is 259 g/mol. The summed E-state index contributed by atoms with van der Waals surface area (Å²) < 4.78 is 0. The van der Waals surface area contributed by atoms with E-state index < -0.39 is 0 Å². The molecule has 0 bridgehead atoms. The molecule has 17 heavy (non-hydrogen) atoms. The summed E-state index contributed by atoms with van der Waals surface area (Å²) in [4.78, 5) is 14.0. The summed E-state index contributed by atoms with van der Waals surface area (Å²) in [6, 6.07) is 5.46. The van der Waals surface area contributed by atoms with Gasteiger partial charge in [0.05, 0.1) is 0 Å². The van der Waals surface area contributed by atoms with E-state index in [4.69, 9.17) is 17.3 Å². The molecule has 1 aromatic rings. The summed E-state index contributed by atoms with van der Waals surface area (Å²) in [7, 11) is 0. The van der Waals surface area contributed by atoms with Crippen LogP contribution in [0.15, 0.2) is 18.2 Å². The molecule has 1 aliphatic rings. The van der Waals surface area contributed by atoms with Gasteiger partial charge in [-0.2, -0.15) is 0 Å². The highest BCUT2D eigenvalue weighted by Crippen LogP contribution is 2.19. The number of rotatable bonds is 1. The molecule has 1 fully saturated rings. The number of benzene rings is 1. The van der Waals surface area contributed by atoms with Crippen molar-refractivity contribution < 1.29 is 4.79 Å². The number of aryl methyl sites for hydroxylation is 1. The first-order valence-electron chi connectivity index (χ1n) is 5.39. The van der Waals surface area contributed by atoms with Gasteiger partial charge in [-0.25, -0.2) is 0 Å². The molecule has 5 heteroatoms. The molecular formula is C12H16Cl2N2O. The van der Waals surface area contributed by atoms with Crippen molar-refractivity contribution in [3.63, 3.8) is 0 Å². The SMILES string of the molecule is Cc1cc(Cl)ccc1C(=O)N1CCC(N)C1.Cl. The third-order valence-electron chi connectivity index (χ3n) is 2.93. The molecule has 1 amide bonds. The Morgan fingerprint density at radius 3 is 2.76 bits per heavy atom. The van der Waals surface area contributed by atoms with Crippen LogP contribution in [0.5, 0.6) is 0 Å². The topological polar surface area (TPSA) is 46.3 Å². The number of hydrogen-bond acceptors (Lipinski definition) is 2. The minimum atomic E-state index is 0. The van der Waals surface area contributed by atoms with Crippen LogP contribution in [0.2, 0.25) is 5.02 Å². The lowest BCUT2D eigenvalue weighted by Crippen LogP contribution is -2.32. The predicted molar refractivity (Wildman–Crippen MR) is 71.9 cm³/mol. The Morgan fingerprint density at radius 1 is 1.53 bits per heavy atom. The lowest BCUT2D eigenvalue weighted by molar-refractivity contribution is 0.0790. The highest BCUT2D eigenvalue weighted by Gasteiger charge is 2.25. The van der Waals surface area contributed by atoms with Gasteiger partial charge in [-0.3, -0.25) is 4.79 Å². The maximum atomic E-state index is 12.2. The summed E-state index contributed by atoms with van der Waals surface area (Å²) in [5, 5.41) is 0.659. The number of likely N-dealkylation sites (tertiary alicyclic amines) is 1. The molecule has 1 heterocycles. The van der Waals surface area contributed by atoms with Gasteiger partial charge in [0.15, 0.2) is 0 Å². The Labute approximate surface area is 112 Å². The quantitative estimate of drug-likeness (QED) is 0.854. The van der Waals surface area contributed by atoms with E-state index in [0.29, 0.717) is 11.6 Å². The van der Waals surface area contributed by atoms with E-state index in [1.165, 1.54) is 0 Å². The fourth-order valence-corrected chi connectivity index (χ4v) is 2.24. The van der Waals surface area contributed by atoms with Crippen molar-refractivity contribution in [1.82, 2.24) is 4.90 Å². The zero-order valence-corrected chi connectivity index (χ0v) is 11.2. The van der Waals surface area contributed by atoms with Crippen molar-refractivity contribution in [1.29, 1.82) is 0 Å². The number of hydrogen-bond donors (Lipinski definition) is 1. The molecule has 3 nitrogen and oxygen atoms in total. The first-order valence-corrected chi connectivity index (χ1v) is 5.76. The molecule has 1 unspecified atom stereocenters. The monoisotopic (exact) mass is 274 g/mol. The van der Waals surface area contributed by atoms with Gasteiger partial charge in [0.2, 0.25) is 0 Å². The number of carbonyl (C=O) groups excluding carboxylic acids is 1. The van der Waals surface area contributed by atoms with Crippen LogP contribution in [0.3, 0.4) is 0 Å². The molecule has 1 aliphatic heterocycles. The molecule has 94 valence electrons. The largest absolute Gasteiger partial charge is 0.337 e. The highest BCUT2D eigenvalue weighted by molar-refractivity contribution is 6.30. The molecule has 0 aliphatic carbocycles. The Hall–Kier alpha value is -0.770. The van der Waals surface area contributed by atoms with E-state index in [1.54, 1.807) is 17.0 Å². The zero-order valence-electron chi connectivity index (χ0n) is 9.65. The van der Waals surface area contributed by atoms with Crippen molar-refractivity contribution >= 4 is 29.9 Å². The lowest BCUT2D eigenvalue weighted by atomic mass is 10.1. The van der Waals surface area contributed by atoms with Crippen LogP contribution in [-0.2, 0) is 0 Å². The fraction of sp³-hybridized carbons (Fsp3) is 0.417. The van der Waals surface area contributed by atoms with E-state index in [2.05, 4.69) is 0 Å². The van der Waals surface area contributed by atoms with Crippen molar-refractivity contribution in [3.05, 3.63) is 34.3 Å². The van der Waals surface area contributed by atoms with E-state index in [1.807, 2.05) is 13.0 Å². The standard InChI is InChI=1S/C12H15ClN2O.ClH/c1-8-6-9(13)2-3-11(8)12(16)15-5-4-10(14)7-15;/h2-3,6,10H,4-5,7,14H2,1H3;1H. The second-order valence-corrected chi connectivity index (χ2v) is 4.70. The molecule has 2 N–H and O–H groups in total. The van der Waals surface area contributed by atoms with Crippen molar-refractivity contribution in [3.8, 4) is 0 Å². The van der Waals surface area contributed by atoms with Gasteiger partial charge < -0.3 is 10.6 Å². The summed E-state index contributed by atoms with van der Waals surface area (Å²) in [5.41, 5.74) is 7.42. The van der Waals surface area contributed by atoms with Crippen molar-refractivity contribution in [2.75, 3.05) is 13.1 Å². The number of nitrogens with zero attached hydrogens (tertiary/aromatic N) is 1. The van der Waals surface area contributed by atoms with E-state index in [9.17, 15) is 4.79 Å². The zero-order chi connectivity index (χ0) is 11.7. The molecule has 1 atom stereocenters. The molecule has 2 rings (SSSR count). The number of nitrogens with two attached hydrogens (primary N) is 1. The maximum absolute atomic E-state index is 12.2. The minimum absolute atomic E-state index is 0. The van der Waals surface area contributed by atoms with Crippen LogP contribution in [-0.4, -0.2) is 29.9 Å². The van der Waals surface area contributed by atoms with Crippen LogP contribution in [0.4, 0.5) is 0 Å². The highest BCUT2D eigenvalue weighted by atomic mass is 35.5. The predicted octanol–water partition coefficient (Wildman–Crippen LogP) is 2.24. The second kappa shape index (κ2) is 5.71. The Bertz CT molecular complexity index is 423. The number of amides is 1. The number of halogens is 2. The maximum Gasteiger partial charge on any atom is 0.254 e. The average molecular weight is 275 g/mol. The third-order valence-corrected chi connectivity index (χ3v) is 3.17. The smallest absolute Gasteiger partial charge is 0.254 e. The second-order valence-electron chi connectivity index (χ2n) is 4.26. The van der Waals surface area contributed by atoms with Crippen LogP contribution in [0.25, 0.3) is 0 Å². The molecule has 0 aromatic heterocycles. The molecule has 0 saturated carbocycles. The van der Waals surface area contributed by atoms with Crippen LogP contribution in [0.1, 0.15) is 22.3 Å². The Morgan fingerprint density at radius 2 is 2.24 bits per heavy atom. The van der Waals surface area contributed by atoms with Crippen LogP contribution < -0.4 is 5.73 Å². The fourth-order valence-electron chi connectivity index (χ4n) is 2.01. The summed E-state index contributed by atoms with van der Waals surface area (Å²) in [6.45, 7) is 3.30. The van der Waals surface area contributed by atoms with Gasteiger partial charge in [0.25, 0.3) is 5.91 Å². The third kappa shape index (κ3) is 3.12. The first-order chi connectivity index (χ1) is 7.58. The van der Waals surface area contributed by atoms with Crippen molar-refractivity contribution in [2.45, 2.75) is 19.4 Å². The molecule has 0 spiro atoms. The van der Waals surface area contributed by atoms with Gasteiger partial charge in [0.1, 0.15) is 0 Å². The Balaban J connectivity index is 0.00000144. The summed E-state index contributed by atoms with van der Waals surface area (Å²) in [6.07, 6.45) is 0.887. The van der Waals surface area contributed by atoms with Crippen LogP contribution in [0, 0.1) is 6.92 Å². The Kier molecular flexibility index (Phi) is 4.80. The first kappa shape index (κ1) is 14.3. The lowest BCUT2D eigenvalue weighted by Gasteiger charge is -2.17. The number of carbonyl (C=O) groups is 1. The average Bonchev–Trinajstić information content (AvgIpc) is 2.64. The molecule has 1 saturated heterocycles. The van der Waals surface area contributed by atoms with Gasteiger partial charge in [-0.1, -0.05) is 11.6 Å². The van der Waals surface area contributed by atoms with E-state index in [-0.39, 0.29) is 24.4 Å². The van der Waals surface area contributed by atoms with Gasteiger partial charge in [0, 0.05) is 29.7 Å². The van der Waals surface area contributed by atoms with Crippen molar-refractivity contribution in [2.24, 2.45) is 5.73 Å². The minimum Gasteiger partial charge on any atom is -0.337 e. The molecule has 0 radical (unpaired) electrons. The summed E-state index contributed by atoms with van der Waals surface area (Å²) >= 11 is 5.86. The normalized spacial score (nSPS) is 19.0. The van der Waals surface area contributed by atoms with Crippen LogP contribution >= 0.6 is 24.0 Å². The van der Waals surface area contributed by atoms with E-state index in [0.717, 1.165) is 24.1 Å². The van der Waals surface area contributed by atoms with E-state index >= 15 is 0 Å². The summed E-state index contributed by atoms with van der Waals surface area (Å²) in [5.74, 6) is 0.0575. The van der Waals surface area contributed by atoms with Gasteiger partial charge in [-0.15, -0.1) is 12.4 Å².